The average molecular weight is 321 g/mol. The molecule has 5 N–H and O–H groups in total. The van der Waals surface area contributed by atoms with Crippen LogP contribution in [0.25, 0.3) is 0 Å². The first-order chi connectivity index (χ1) is 10.9. The van der Waals surface area contributed by atoms with E-state index >= 15 is 0 Å². The van der Waals surface area contributed by atoms with E-state index in [1.165, 1.54) is 41.3 Å². The number of hydrogen-bond acceptors (Lipinski definition) is 4. The third-order valence-electron chi connectivity index (χ3n) is 2.92. The van der Waals surface area contributed by atoms with Crippen molar-refractivity contribution >= 4 is 17.6 Å². The Morgan fingerprint density at radius 3 is 2.70 bits per heavy atom. The fourth-order valence-corrected chi connectivity index (χ4v) is 1.84. The second-order valence-electron chi connectivity index (χ2n) is 4.80. The maximum atomic E-state index is 12.8. The molecular weight excluding hydrogens is 305 g/mol. The fraction of sp³-hybridized carbons (Fsp3) is 0.214. The molecule has 0 aliphatic heterocycles. The Balaban J connectivity index is 1.81. The summed E-state index contributed by atoms with van der Waals surface area (Å²) in [7, 11) is 0. The van der Waals surface area contributed by atoms with Gasteiger partial charge in [-0.3, -0.25) is 9.48 Å². The second-order valence-corrected chi connectivity index (χ2v) is 4.80. The molecule has 0 aliphatic rings. The van der Waals surface area contributed by atoms with Crippen molar-refractivity contribution in [3.8, 4) is 0 Å². The predicted molar refractivity (Wildman–Crippen MR) is 79.8 cm³/mol. The van der Waals surface area contributed by atoms with Crippen LogP contribution in [0.1, 0.15) is 11.7 Å². The molecule has 122 valence electrons. The standard InChI is InChI=1S/C14H16FN5O3/c15-10-3-1-9(2-4-10)12(21)6-17-14(23)19-11-5-18-20(7-11)8-13(16)22/h1-5,7,12,21H,6,8H2,(H2,16,22)(H2,17,19,23). The topological polar surface area (TPSA) is 122 Å². The van der Waals surface area contributed by atoms with Crippen LogP contribution in [0, 0.1) is 5.82 Å². The lowest BCUT2D eigenvalue weighted by Gasteiger charge is -2.12. The molecule has 2 aromatic rings. The monoisotopic (exact) mass is 321 g/mol. The number of nitrogens with one attached hydrogen (secondary N) is 2. The van der Waals surface area contributed by atoms with Gasteiger partial charge in [0.25, 0.3) is 0 Å². The Morgan fingerprint density at radius 2 is 2.04 bits per heavy atom. The van der Waals surface area contributed by atoms with Crippen LogP contribution in [0.5, 0.6) is 0 Å². The minimum absolute atomic E-state index is 0.0487. The zero-order valence-electron chi connectivity index (χ0n) is 12.1. The van der Waals surface area contributed by atoms with E-state index < -0.39 is 23.9 Å². The zero-order valence-corrected chi connectivity index (χ0v) is 12.1. The van der Waals surface area contributed by atoms with Crippen molar-refractivity contribution in [1.82, 2.24) is 15.1 Å². The van der Waals surface area contributed by atoms with Crippen LogP contribution in [0.3, 0.4) is 0 Å². The Bertz CT molecular complexity index is 686. The minimum Gasteiger partial charge on any atom is -0.387 e. The van der Waals surface area contributed by atoms with Crippen LogP contribution in [0.4, 0.5) is 14.9 Å². The van der Waals surface area contributed by atoms with Crippen LogP contribution >= 0.6 is 0 Å². The van der Waals surface area contributed by atoms with Crippen LogP contribution in [-0.2, 0) is 11.3 Å². The Hall–Kier alpha value is -2.94. The molecule has 0 saturated heterocycles. The highest BCUT2D eigenvalue weighted by molar-refractivity contribution is 5.88. The fourth-order valence-electron chi connectivity index (χ4n) is 1.84. The van der Waals surface area contributed by atoms with Gasteiger partial charge in [0.1, 0.15) is 12.4 Å². The summed E-state index contributed by atoms with van der Waals surface area (Å²) >= 11 is 0. The number of aliphatic hydroxyl groups is 1. The van der Waals surface area contributed by atoms with Gasteiger partial charge >= 0.3 is 6.03 Å². The zero-order chi connectivity index (χ0) is 16.8. The van der Waals surface area contributed by atoms with Crippen molar-refractivity contribution in [1.29, 1.82) is 0 Å². The summed E-state index contributed by atoms with van der Waals surface area (Å²) in [6, 6.07) is 4.78. The molecule has 1 aromatic carbocycles. The lowest BCUT2D eigenvalue weighted by molar-refractivity contribution is -0.118. The van der Waals surface area contributed by atoms with Crippen molar-refractivity contribution in [2.75, 3.05) is 11.9 Å². The highest BCUT2D eigenvalue weighted by Crippen LogP contribution is 2.12. The molecule has 1 heterocycles. The van der Waals surface area contributed by atoms with E-state index in [4.69, 9.17) is 5.73 Å². The summed E-state index contributed by atoms with van der Waals surface area (Å²) < 4.78 is 14.1. The number of carbonyl (C=O) groups excluding carboxylic acids is 2. The molecule has 2 rings (SSSR count). The molecule has 9 heteroatoms. The van der Waals surface area contributed by atoms with Gasteiger partial charge in [-0.2, -0.15) is 5.10 Å². The van der Waals surface area contributed by atoms with Gasteiger partial charge in [0, 0.05) is 12.7 Å². The SMILES string of the molecule is NC(=O)Cn1cc(NC(=O)NCC(O)c2ccc(F)cc2)cn1. The number of amides is 3. The number of primary amides is 1. The molecule has 23 heavy (non-hydrogen) atoms. The molecule has 1 atom stereocenters. The molecule has 1 unspecified atom stereocenters. The van der Waals surface area contributed by atoms with Crippen LogP contribution < -0.4 is 16.4 Å². The number of carbonyl (C=O) groups is 2. The van der Waals surface area contributed by atoms with Crippen LogP contribution in [-0.4, -0.2) is 33.4 Å². The third kappa shape index (κ3) is 5.08. The highest BCUT2D eigenvalue weighted by atomic mass is 19.1. The summed E-state index contributed by atoms with van der Waals surface area (Å²) in [5, 5.41) is 18.7. The van der Waals surface area contributed by atoms with Gasteiger partial charge in [-0.05, 0) is 17.7 Å². The van der Waals surface area contributed by atoms with Crippen molar-refractivity contribution in [2.45, 2.75) is 12.6 Å². The van der Waals surface area contributed by atoms with Crippen molar-refractivity contribution < 1.29 is 19.1 Å². The minimum atomic E-state index is -0.959. The molecule has 0 saturated carbocycles. The van der Waals surface area contributed by atoms with Crippen LogP contribution in [0.15, 0.2) is 36.7 Å². The Labute approximate surface area is 131 Å². The molecule has 0 aliphatic carbocycles. The second kappa shape index (κ2) is 7.36. The lowest BCUT2D eigenvalue weighted by atomic mass is 10.1. The summed E-state index contributed by atoms with van der Waals surface area (Å²) in [5.74, 6) is -0.953. The maximum absolute atomic E-state index is 12.8. The van der Waals surface area contributed by atoms with Crippen molar-refractivity contribution in [2.24, 2.45) is 5.73 Å². The van der Waals surface area contributed by atoms with E-state index in [0.717, 1.165) is 0 Å². The van der Waals surface area contributed by atoms with Gasteiger partial charge in [0.2, 0.25) is 5.91 Å². The number of hydrogen-bond donors (Lipinski definition) is 4. The number of aromatic nitrogens is 2. The Kier molecular flexibility index (Phi) is 5.26. The summed E-state index contributed by atoms with van der Waals surface area (Å²) in [4.78, 5) is 22.5. The summed E-state index contributed by atoms with van der Waals surface area (Å²) in [6.07, 6.45) is 1.85. The maximum Gasteiger partial charge on any atom is 0.319 e. The van der Waals surface area contributed by atoms with Crippen molar-refractivity contribution in [3.63, 3.8) is 0 Å². The van der Waals surface area contributed by atoms with Gasteiger partial charge in [-0.1, -0.05) is 12.1 Å². The van der Waals surface area contributed by atoms with Gasteiger partial charge in [-0.25, -0.2) is 9.18 Å². The van der Waals surface area contributed by atoms with Gasteiger partial charge in [0.15, 0.2) is 0 Å². The molecule has 0 spiro atoms. The van der Waals surface area contributed by atoms with E-state index in [-0.39, 0.29) is 13.1 Å². The molecule has 1 aromatic heterocycles. The largest absolute Gasteiger partial charge is 0.387 e. The highest BCUT2D eigenvalue weighted by Gasteiger charge is 2.10. The van der Waals surface area contributed by atoms with Gasteiger partial charge < -0.3 is 21.5 Å². The molecule has 0 fully saturated rings. The molecular formula is C14H16FN5O3. The smallest absolute Gasteiger partial charge is 0.319 e. The molecule has 0 bridgehead atoms. The predicted octanol–water partition coefficient (Wildman–Crippen LogP) is 0.363. The number of nitrogens with two attached hydrogens (primary N) is 1. The molecule has 0 radical (unpaired) electrons. The molecule has 3 amide bonds. The number of rotatable bonds is 6. The quantitative estimate of drug-likeness (QED) is 0.613. The third-order valence-corrected chi connectivity index (χ3v) is 2.92. The number of benzene rings is 1. The first-order valence-corrected chi connectivity index (χ1v) is 6.73. The average Bonchev–Trinajstić information content (AvgIpc) is 2.91. The van der Waals surface area contributed by atoms with Crippen molar-refractivity contribution in [3.05, 3.63) is 48.0 Å². The summed E-state index contributed by atoms with van der Waals surface area (Å²) in [5.41, 5.74) is 5.89. The summed E-state index contributed by atoms with van der Waals surface area (Å²) in [6.45, 7) is -0.139. The number of halogens is 1. The van der Waals surface area contributed by atoms with Crippen LogP contribution in [0.2, 0.25) is 0 Å². The van der Waals surface area contributed by atoms with Gasteiger partial charge in [0.05, 0.1) is 18.0 Å². The first kappa shape index (κ1) is 16.4. The van der Waals surface area contributed by atoms with E-state index in [0.29, 0.717) is 11.3 Å². The first-order valence-electron chi connectivity index (χ1n) is 6.73. The number of nitrogens with zero attached hydrogens (tertiary/aromatic N) is 2. The Morgan fingerprint density at radius 1 is 1.35 bits per heavy atom. The van der Waals surface area contributed by atoms with E-state index in [9.17, 15) is 19.1 Å². The number of aliphatic hydroxyl groups excluding tert-OH is 1. The lowest BCUT2D eigenvalue weighted by Crippen LogP contribution is -2.32. The van der Waals surface area contributed by atoms with E-state index in [2.05, 4.69) is 15.7 Å². The number of anilines is 1. The normalized spacial score (nSPS) is 11.7. The van der Waals surface area contributed by atoms with Gasteiger partial charge in [-0.15, -0.1) is 0 Å². The van der Waals surface area contributed by atoms with E-state index in [1.54, 1.807) is 0 Å². The number of urea groups is 1. The van der Waals surface area contributed by atoms with E-state index in [1.807, 2.05) is 0 Å². The molecule has 8 nitrogen and oxygen atoms in total.